The van der Waals surface area contributed by atoms with E-state index in [4.69, 9.17) is 0 Å². The molecule has 0 amide bonds. The molecule has 1 heterocycles. The zero-order valence-electron chi connectivity index (χ0n) is 9.28. The summed E-state index contributed by atoms with van der Waals surface area (Å²) in [6.07, 6.45) is 0.644. The van der Waals surface area contributed by atoms with Crippen molar-refractivity contribution in [3.05, 3.63) is 21.9 Å². The topological polar surface area (TPSA) is 46.2 Å². The van der Waals surface area contributed by atoms with Crippen molar-refractivity contribution in [2.75, 3.05) is 5.75 Å². The molecule has 1 rings (SSSR count). The summed E-state index contributed by atoms with van der Waals surface area (Å²) in [5.74, 6) is 0.196. The van der Waals surface area contributed by atoms with E-state index in [0.29, 0.717) is 6.42 Å². The molecular weight excluding hydrogens is 230 g/mol. The lowest BCUT2D eigenvalue weighted by Crippen LogP contribution is -2.28. The van der Waals surface area contributed by atoms with Crippen LogP contribution in [0.3, 0.4) is 0 Å². The Labute approximate surface area is 95.6 Å². The van der Waals surface area contributed by atoms with E-state index in [-0.39, 0.29) is 11.8 Å². The average Bonchev–Trinajstić information content (AvgIpc) is 2.50. The third-order valence-electron chi connectivity index (χ3n) is 2.02. The molecule has 0 aliphatic carbocycles. The van der Waals surface area contributed by atoms with E-state index in [0.717, 1.165) is 4.88 Å². The molecule has 0 aliphatic heterocycles. The second-order valence-corrected chi connectivity index (χ2v) is 6.80. The van der Waals surface area contributed by atoms with Crippen LogP contribution >= 0.6 is 11.3 Å². The Morgan fingerprint density at radius 3 is 2.60 bits per heavy atom. The molecule has 86 valence electrons. The standard InChI is InChI=1S/C10H17NO2S2/c1-4-7-15(12,13)11-9(3)10-6-5-8(2)14-10/h5-6,9,11H,4,7H2,1-3H3/t9-/m0/s1. The van der Waals surface area contributed by atoms with Crippen LogP contribution in [0, 0.1) is 6.92 Å². The Hall–Kier alpha value is -0.390. The van der Waals surface area contributed by atoms with Gasteiger partial charge in [0.2, 0.25) is 10.0 Å². The van der Waals surface area contributed by atoms with Gasteiger partial charge in [-0.15, -0.1) is 11.3 Å². The second-order valence-electron chi connectivity index (χ2n) is 3.61. The molecule has 0 saturated carbocycles. The van der Waals surface area contributed by atoms with E-state index in [1.807, 2.05) is 32.9 Å². The fourth-order valence-electron chi connectivity index (χ4n) is 1.34. The van der Waals surface area contributed by atoms with E-state index in [1.165, 1.54) is 4.88 Å². The predicted octanol–water partition coefficient (Wildman–Crippen LogP) is 2.45. The lowest BCUT2D eigenvalue weighted by Gasteiger charge is -2.11. The van der Waals surface area contributed by atoms with Gasteiger partial charge in [0.25, 0.3) is 0 Å². The second kappa shape index (κ2) is 5.09. The first-order valence-corrected chi connectivity index (χ1v) is 7.48. The van der Waals surface area contributed by atoms with Gasteiger partial charge in [0.15, 0.2) is 0 Å². The molecule has 1 N–H and O–H groups in total. The Balaban J connectivity index is 2.67. The molecule has 0 fully saturated rings. The SMILES string of the molecule is CCCS(=O)(=O)N[C@@H](C)c1ccc(C)s1. The van der Waals surface area contributed by atoms with E-state index in [2.05, 4.69) is 4.72 Å². The highest BCUT2D eigenvalue weighted by atomic mass is 32.2. The van der Waals surface area contributed by atoms with Crippen LogP contribution in [-0.2, 0) is 10.0 Å². The molecule has 5 heteroatoms. The first-order valence-electron chi connectivity index (χ1n) is 5.01. The Kier molecular flexibility index (Phi) is 4.31. The number of sulfonamides is 1. The van der Waals surface area contributed by atoms with E-state index < -0.39 is 10.0 Å². The Morgan fingerprint density at radius 2 is 2.13 bits per heavy atom. The highest BCUT2D eigenvalue weighted by Gasteiger charge is 2.15. The van der Waals surface area contributed by atoms with Gasteiger partial charge in [-0.25, -0.2) is 13.1 Å². The van der Waals surface area contributed by atoms with E-state index >= 15 is 0 Å². The monoisotopic (exact) mass is 247 g/mol. The first kappa shape index (κ1) is 12.7. The van der Waals surface area contributed by atoms with Crippen molar-refractivity contribution in [2.24, 2.45) is 0 Å². The molecule has 3 nitrogen and oxygen atoms in total. The van der Waals surface area contributed by atoms with Crippen LogP contribution in [0.1, 0.15) is 36.1 Å². The van der Waals surface area contributed by atoms with Crippen LogP contribution in [0.5, 0.6) is 0 Å². The van der Waals surface area contributed by atoms with Crippen molar-refractivity contribution in [3.63, 3.8) is 0 Å². The van der Waals surface area contributed by atoms with Gasteiger partial charge < -0.3 is 0 Å². The molecule has 1 atom stereocenters. The number of aryl methyl sites for hydroxylation is 1. The quantitative estimate of drug-likeness (QED) is 0.868. The largest absolute Gasteiger partial charge is 0.212 e. The van der Waals surface area contributed by atoms with Crippen molar-refractivity contribution in [2.45, 2.75) is 33.2 Å². The van der Waals surface area contributed by atoms with Gasteiger partial charge in [0.05, 0.1) is 11.8 Å². The minimum atomic E-state index is -3.11. The maximum absolute atomic E-state index is 11.5. The number of thiophene rings is 1. The number of nitrogens with one attached hydrogen (secondary N) is 1. The summed E-state index contributed by atoms with van der Waals surface area (Å²) >= 11 is 1.63. The minimum absolute atomic E-state index is 0.125. The molecule has 15 heavy (non-hydrogen) atoms. The fraction of sp³-hybridized carbons (Fsp3) is 0.600. The maximum Gasteiger partial charge on any atom is 0.212 e. The lowest BCUT2D eigenvalue weighted by atomic mass is 10.3. The third-order valence-corrected chi connectivity index (χ3v) is 4.86. The minimum Gasteiger partial charge on any atom is -0.212 e. The summed E-state index contributed by atoms with van der Waals surface area (Å²) in [5.41, 5.74) is 0. The summed E-state index contributed by atoms with van der Waals surface area (Å²) in [6, 6.07) is 3.85. The summed E-state index contributed by atoms with van der Waals surface area (Å²) in [4.78, 5) is 2.26. The molecule has 1 aromatic heterocycles. The van der Waals surface area contributed by atoms with Crippen molar-refractivity contribution < 1.29 is 8.42 Å². The number of hydrogen-bond donors (Lipinski definition) is 1. The van der Waals surface area contributed by atoms with Gasteiger partial charge in [0.1, 0.15) is 0 Å². The van der Waals surface area contributed by atoms with Crippen molar-refractivity contribution >= 4 is 21.4 Å². The molecule has 0 aliphatic rings. The van der Waals surface area contributed by atoms with E-state index in [9.17, 15) is 8.42 Å². The van der Waals surface area contributed by atoms with Gasteiger partial charge in [-0.3, -0.25) is 0 Å². The lowest BCUT2D eigenvalue weighted by molar-refractivity contribution is 0.567. The van der Waals surface area contributed by atoms with Crippen molar-refractivity contribution in [3.8, 4) is 0 Å². The highest BCUT2D eigenvalue weighted by molar-refractivity contribution is 7.89. The predicted molar refractivity (Wildman–Crippen MR) is 64.7 cm³/mol. The Morgan fingerprint density at radius 1 is 1.47 bits per heavy atom. The van der Waals surface area contributed by atoms with Gasteiger partial charge in [0, 0.05) is 9.75 Å². The summed E-state index contributed by atoms with van der Waals surface area (Å²) in [5, 5.41) is 0. The molecule has 0 spiro atoms. The zero-order valence-corrected chi connectivity index (χ0v) is 10.9. The maximum atomic E-state index is 11.5. The van der Waals surface area contributed by atoms with E-state index in [1.54, 1.807) is 11.3 Å². The molecular formula is C10H17NO2S2. The normalized spacial score (nSPS) is 14.1. The van der Waals surface area contributed by atoms with Crippen LogP contribution < -0.4 is 4.72 Å². The molecule has 1 aromatic rings. The van der Waals surface area contributed by atoms with Gasteiger partial charge in [-0.05, 0) is 32.4 Å². The third kappa shape index (κ3) is 3.93. The van der Waals surface area contributed by atoms with Gasteiger partial charge >= 0.3 is 0 Å². The molecule has 0 saturated heterocycles. The highest BCUT2D eigenvalue weighted by Crippen LogP contribution is 2.22. The number of rotatable bonds is 5. The van der Waals surface area contributed by atoms with Crippen LogP contribution in [0.25, 0.3) is 0 Å². The molecule has 0 aromatic carbocycles. The van der Waals surface area contributed by atoms with Crippen LogP contribution in [0.2, 0.25) is 0 Å². The summed E-state index contributed by atoms with van der Waals surface area (Å²) in [7, 11) is -3.11. The molecule has 0 bridgehead atoms. The smallest absolute Gasteiger partial charge is 0.212 e. The first-order chi connectivity index (χ1) is 6.94. The van der Waals surface area contributed by atoms with Crippen molar-refractivity contribution in [1.29, 1.82) is 0 Å². The van der Waals surface area contributed by atoms with Gasteiger partial charge in [-0.2, -0.15) is 0 Å². The summed E-state index contributed by atoms with van der Waals surface area (Å²) in [6.45, 7) is 5.75. The average molecular weight is 247 g/mol. The van der Waals surface area contributed by atoms with Gasteiger partial charge in [-0.1, -0.05) is 6.92 Å². The van der Waals surface area contributed by atoms with Crippen LogP contribution in [0.4, 0.5) is 0 Å². The van der Waals surface area contributed by atoms with Crippen LogP contribution in [0.15, 0.2) is 12.1 Å². The molecule has 0 radical (unpaired) electrons. The Bertz CT molecular complexity index is 409. The fourth-order valence-corrected chi connectivity index (χ4v) is 3.62. The summed E-state index contributed by atoms with van der Waals surface area (Å²) < 4.78 is 25.7. The van der Waals surface area contributed by atoms with Crippen molar-refractivity contribution in [1.82, 2.24) is 4.72 Å². The number of hydrogen-bond acceptors (Lipinski definition) is 3. The zero-order chi connectivity index (χ0) is 11.5. The molecule has 0 unspecified atom stereocenters. The van der Waals surface area contributed by atoms with Crippen LogP contribution in [-0.4, -0.2) is 14.2 Å².